The monoisotopic (exact) mass is 450 g/mol. The summed E-state index contributed by atoms with van der Waals surface area (Å²) in [5.41, 5.74) is 2.10. The summed E-state index contributed by atoms with van der Waals surface area (Å²) in [7, 11) is 1.65. The van der Waals surface area contributed by atoms with Gasteiger partial charge in [0.2, 0.25) is 11.8 Å². The van der Waals surface area contributed by atoms with Crippen LogP contribution >= 0.6 is 0 Å². The van der Waals surface area contributed by atoms with Gasteiger partial charge in [0.05, 0.1) is 18.5 Å². The molecule has 33 heavy (non-hydrogen) atoms. The van der Waals surface area contributed by atoms with Gasteiger partial charge in [0.25, 0.3) is 0 Å². The van der Waals surface area contributed by atoms with Gasteiger partial charge in [-0.3, -0.25) is 9.59 Å². The van der Waals surface area contributed by atoms with Gasteiger partial charge < -0.3 is 15.5 Å². The molecule has 3 unspecified atom stereocenters. The smallest absolute Gasteiger partial charge is 0.238 e. The number of amides is 2. The van der Waals surface area contributed by atoms with Gasteiger partial charge in [0.15, 0.2) is 0 Å². The van der Waals surface area contributed by atoms with E-state index in [1.165, 1.54) is 4.90 Å². The number of hydrogen-bond acceptors (Lipinski definition) is 4. The number of fused-ring (bicyclic) bond motifs is 3. The number of carbonyl (C=O) groups is 2. The normalized spacial score (nSPS) is 24.0. The first-order chi connectivity index (χ1) is 15.8. The predicted octanol–water partition coefficient (Wildman–Crippen LogP) is 2.84. The number of anilines is 1. The maximum Gasteiger partial charge on any atom is 0.238 e. The fourth-order valence-corrected chi connectivity index (χ4v) is 5.34. The Morgan fingerprint density at radius 3 is 2.79 bits per heavy atom. The molecule has 0 radical (unpaired) electrons. The lowest BCUT2D eigenvalue weighted by Gasteiger charge is -2.23. The summed E-state index contributed by atoms with van der Waals surface area (Å²) in [6.07, 6.45) is 3.17. The van der Waals surface area contributed by atoms with E-state index in [0.717, 1.165) is 37.0 Å². The molecule has 3 aliphatic rings. The fourth-order valence-electron chi connectivity index (χ4n) is 5.34. The third-order valence-corrected chi connectivity index (χ3v) is 7.15. The first kappa shape index (κ1) is 21.5. The van der Waals surface area contributed by atoms with Crippen LogP contribution in [-0.2, 0) is 22.4 Å². The molecule has 1 saturated heterocycles. The SMILES string of the molecule is CN1C(=O)Cc2ccc(-c3cc(F)c(CC(C#N)NC(=O)[C@H]4NC5CCC4C5)cc3F)cc21. The molecule has 8 heteroatoms. The van der Waals surface area contributed by atoms with Crippen molar-refractivity contribution >= 4 is 17.5 Å². The van der Waals surface area contributed by atoms with Crippen molar-refractivity contribution in [3.05, 3.63) is 53.1 Å². The summed E-state index contributed by atoms with van der Waals surface area (Å²) in [4.78, 5) is 26.0. The van der Waals surface area contributed by atoms with Crippen molar-refractivity contribution in [2.75, 3.05) is 11.9 Å². The van der Waals surface area contributed by atoms with Gasteiger partial charge in [-0.1, -0.05) is 12.1 Å². The van der Waals surface area contributed by atoms with Crippen LogP contribution in [0.1, 0.15) is 30.4 Å². The zero-order valence-electron chi connectivity index (χ0n) is 18.2. The molecular formula is C25H24F2N4O2. The summed E-state index contributed by atoms with van der Waals surface area (Å²) in [6, 6.07) is 8.35. The second-order valence-electron chi connectivity index (χ2n) is 9.21. The third kappa shape index (κ3) is 3.87. The Balaban J connectivity index is 1.33. The van der Waals surface area contributed by atoms with E-state index >= 15 is 0 Å². The highest BCUT2D eigenvalue weighted by Crippen LogP contribution is 2.36. The Bertz CT molecular complexity index is 1190. The second kappa shape index (κ2) is 8.23. The van der Waals surface area contributed by atoms with Crippen LogP contribution in [0.3, 0.4) is 0 Å². The van der Waals surface area contributed by atoms with Crippen LogP contribution in [0.4, 0.5) is 14.5 Å². The molecule has 1 saturated carbocycles. The lowest BCUT2D eigenvalue weighted by atomic mass is 9.97. The Labute approximate surface area is 190 Å². The van der Waals surface area contributed by atoms with E-state index < -0.39 is 17.7 Å². The Morgan fingerprint density at radius 1 is 1.27 bits per heavy atom. The minimum Gasteiger partial charge on any atom is -0.339 e. The zero-order chi connectivity index (χ0) is 23.3. The summed E-state index contributed by atoms with van der Waals surface area (Å²) >= 11 is 0. The number of likely N-dealkylation sites (N-methyl/N-ethyl adjacent to an activating group) is 1. The largest absolute Gasteiger partial charge is 0.339 e. The van der Waals surface area contributed by atoms with E-state index in [1.54, 1.807) is 25.2 Å². The Hall–Kier alpha value is -3.31. The zero-order valence-corrected chi connectivity index (χ0v) is 18.2. The lowest BCUT2D eigenvalue weighted by Crippen LogP contribution is -2.50. The molecule has 4 atom stereocenters. The number of carbonyl (C=O) groups excluding carboxylic acids is 2. The highest BCUT2D eigenvalue weighted by atomic mass is 19.1. The van der Waals surface area contributed by atoms with Gasteiger partial charge >= 0.3 is 0 Å². The van der Waals surface area contributed by atoms with E-state index in [2.05, 4.69) is 10.6 Å². The maximum absolute atomic E-state index is 15.0. The molecule has 2 aliphatic heterocycles. The molecular weight excluding hydrogens is 426 g/mol. The van der Waals surface area contributed by atoms with Crippen LogP contribution in [0.25, 0.3) is 11.1 Å². The molecule has 6 nitrogen and oxygen atoms in total. The maximum atomic E-state index is 15.0. The number of piperidine rings is 1. The van der Waals surface area contributed by atoms with E-state index in [0.29, 0.717) is 23.7 Å². The molecule has 5 rings (SSSR count). The van der Waals surface area contributed by atoms with Gasteiger partial charge in [0.1, 0.15) is 17.7 Å². The van der Waals surface area contributed by atoms with Gasteiger partial charge in [-0.25, -0.2) is 8.78 Å². The fraction of sp³-hybridized carbons (Fsp3) is 0.400. The van der Waals surface area contributed by atoms with Crippen molar-refractivity contribution in [2.45, 2.75) is 50.2 Å². The number of nitrogens with zero attached hydrogens (tertiary/aromatic N) is 2. The van der Waals surface area contributed by atoms with Crippen molar-refractivity contribution in [1.29, 1.82) is 5.26 Å². The molecule has 2 fully saturated rings. The van der Waals surface area contributed by atoms with E-state index in [4.69, 9.17) is 0 Å². The number of hydrogen-bond donors (Lipinski definition) is 2. The van der Waals surface area contributed by atoms with Crippen molar-refractivity contribution in [3.8, 4) is 17.2 Å². The quantitative estimate of drug-likeness (QED) is 0.734. The molecule has 0 spiro atoms. The molecule has 2 aromatic carbocycles. The summed E-state index contributed by atoms with van der Waals surface area (Å²) in [5.74, 6) is -1.32. The Morgan fingerprint density at radius 2 is 2.09 bits per heavy atom. The average Bonchev–Trinajstić information content (AvgIpc) is 3.51. The van der Waals surface area contributed by atoms with Gasteiger partial charge in [-0.15, -0.1) is 0 Å². The number of halogens is 2. The summed E-state index contributed by atoms with van der Waals surface area (Å²) < 4.78 is 29.9. The first-order valence-corrected chi connectivity index (χ1v) is 11.2. The molecule has 170 valence electrons. The van der Waals surface area contributed by atoms with E-state index in [1.807, 2.05) is 6.07 Å². The van der Waals surface area contributed by atoms with Crippen LogP contribution in [-0.4, -0.2) is 37.0 Å². The van der Waals surface area contributed by atoms with Crippen LogP contribution < -0.4 is 15.5 Å². The van der Waals surface area contributed by atoms with E-state index in [-0.39, 0.29) is 41.3 Å². The second-order valence-corrected chi connectivity index (χ2v) is 9.21. The van der Waals surface area contributed by atoms with E-state index in [9.17, 15) is 23.6 Å². The highest BCUT2D eigenvalue weighted by molar-refractivity contribution is 6.01. The predicted molar refractivity (Wildman–Crippen MR) is 118 cm³/mol. The Kier molecular flexibility index (Phi) is 5.37. The van der Waals surface area contributed by atoms with Gasteiger partial charge in [0, 0.05) is 30.8 Å². The minimum absolute atomic E-state index is 0.0254. The van der Waals surface area contributed by atoms with Crippen molar-refractivity contribution in [2.24, 2.45) is 5.92 Å². The molecule has 1 aliphatic carbocycles. The third-order valence-electron chi connectivity index (χ3n) is 7.15. The molecule has 2 N–H and O–H groups in total. The summed E-state index contributed by atoms with van der Waals surface area (Å²) in [5, 5.41) is 15.5. The van der Waals surface area contributed by atoms with Crippen LogP contribution in [0.2, 0.25) is 0 Å². The molecule has 2 aromatic rings. The molecule has 2 amide bonds. The van der Waals surface area contributed by atoms with Gasteiger partial charge in [-0.2, -0.15) is 5.26 Å². The molecule has 0 aromatic heterocycles. The van der Waals surface area contributed by atoms with Crippen molar-refractivity contribution < 1.29 is 18.4 Å². The highest BCUT2D eigenvalue weighted by Gasteiger charge is 2.43. The lowest BCUT2D eigenvalue weighted by molar-refractivity contribution is -0.124. The number of nitriles is 1. The van der Waals surface area contributed by atoms with Crippen LogP contribution in [0.15, 0.2) is 30.3 Å². The number of benzene rings is 2. The van der Waals surface area contributed by atoms with Crippen LogP contribution in [0.5, 0.6) is 0 Å². The van der Waals surface area contributed by atoms with Crippen molar-refractivity contribution in [3.63, 3.8) is 0 Å². The first-order valence-electron chi connectivity index (χ1n) is 11.2. The topological polar surface area (TPSA) is 85.2 Å². The number of rotatable bonds is 5. The molecule has 2 bridgehead atoms. The average molecular weight is 450 g/mol. The summed E-state index contributed by atoms with van der Waals surface area (Å²) in [6.45, 7) is 0. The number of nitrogens with one attached hydrogen (secondary N) is 2. The minimum atomic E-state index is -0.960. The van der Waals surface area contributed by atoms with Gasteiger partial charge in [-0.05, 0) is 60.1 Å². The van der Waals surface area contributed by atoms with Crippen molar-refractivity contribution in [1.82, 2.24) is 10.6 Å². The standard InChI is InChI=1S/C25H24F2N4O2/c1-31-22-9-13(2-3-14(22)10-23(31)32)19-11-20(26)16(8-21(19)27)7-18(12-28)30-25(33)24-15-4-5-17(6-15)29-24/h2-3,8-9,11,15,17-18,24,29H,4-7,10H2,1H3,(H,30,33)/t15?,17?,18?,24-/m0/s1. The molecule has 2 heterocycles. The van der Waals surface area contributed by atoms with Crippen LogP contribution in [0, 0.1) is 28.9 Å².